The summed E-state index contributed by atoms with van der Waals surface area (Å²) < 4.78 is 6.82. The van der Waals surface area contributed by atoms with Crippen molar-refractivity contribution in [1.82, 2.24) is 14.8 Å². The second-order valence-corrected chi connectivity index (χ2v) is 3.59. The maximum atomic E-state index is 5.85. The lowest BCUT2D eigenvalue weighted by atomic mass is 10.3. The van der Waals surface area contributed by atoms with Crippen molar-refractivity contribution in [3.05, 3.63) is 30.1 Å². The summed E-state index contributed by atoms with van der Waals surface area (Å²) in [6.07, 6.45) is 3.44. The Morgan fingerprint density at radius 2 is 2.35 bits per heavy atom. The summed E-state index contributed by atoms with van der Waals surface area (Å²) in [5, 5.41) is 7.24. The van der Waals surface area contributed by atoms with Crippen LogP contribution in [0.5, 0.6) is 5.75 Å². The summed E-state index contributed by atoms with van der Waals surface area (Å²) in [5.74, 6) is 2.04. The Kier molecular flexibility index (Phi) is 3.13. The molecule has 0 atom stereocenters. The maximum Gasteiger partial charge on any atom is 0.169 e. The van der Waals surface area contributed by atoms with Crippen molar-refractivity contribution < 1.29 is 4.74 Å². The number of aromatic nitrogens is 3. The minimum Gasteiger partial charge on any atom is -0.493 e. The Morgan fingerprint density at radius 3 is 3.00 bits per heavy atom. The SMILES string of the molecule is COc1cccnc1NCc1cnn(C)c1N. The summed E-state index contributed by atoms with van der Waals surface area (Å²) >= 11 is 0. The van der Waals surface area contributed by atoms with E-state index in [0.717, 1.165) is 5.56 Å². The van der Waals surface area contributed by atoms with Crippen molar-refractivity contribution in [1.29, 1.82) is 0 Å². The average molecular weight is 233 g/mol. The van der Waals surface area contributed by atoms with Gasteiger partial charge in [0.05, 0.1) is 13.3 Å². The van der Waals surface area contributed by atoms with Gasteiger partial charge in [-0.3, -0.25) is 4.68 Å². The molecule has 0 unspecified atom stereocenters. The molecule has 0 aliphatic carbocycles. The van der Waals surface area contributed by atoms with Gasteiger partial charge in [0.1, 0.15) is 5.82 Å². The Bertz CT molecular complexity index is 508. The van der Waals surface area contributed by atoms with E-state index in [-0.39, 0.29) is 0 Å². The van der Waals surface area contributed by atoms with Crippen LogP contribution >= 0.6 is 0 Å². The molecule has 0 bridgehead atoms. The number of anilines is 2. The number of pyridine rings is 1. The third-order valence-corrected chi connectivity index (χ3v) is 2.50. The zero-order valence-corrected chi connectivity index (χ0v) is 9.84. The van der Waals surface area contributed by atoms with E-state index < -0.39 is 0 Å². The number of nitrogens with one attached hydrogen (secondary N) is 1. The highest BCUT2D eigenvalue weighted by Crippen LogP contribution is 2.21. The smallest absolute Gasteiger partial charge is 0.169 e. The molecule has 2 aromatic heterocycles. The van der Waals surface area contributed by atoms with Gasteiger partial charge in [0.25, 0.3) is 0 Å². The van der Waals surface area contributed by atoms with Gasteiger partial charge in [-0.2, -0.15) is 5.10 Å². The predicted molar refractivity (Wildman–Crippen MR) is 65.7 cm³/mol. The number of nitrogens with zero attached hydrogens (tertiary/aromatic N) is 3. The zero-order chi connectivity index (χ0) is 12.3. The van der Waals surface area contributed by atoms with Gasteiger partial charge in [0.2, 0.25) is 0 Å². The quantitative estimate of drug-likeness (QED) is 0.824. The first-order chi connectivity index (χ1) is 8.22. The van der Waals surface area contributed by atoms with Crippen LogP contribution in [0.1, 0.15) is 5.56 Å². The molecule has 0 aromatic carbocycles. The van der Waals surface area contributed by atoms with Crippen LogP contribution < -0.4 is 15.8 Å². The normalized spacial score (nSPS) is 10.2. The van der Waals surface area contributed by atoms with Gasteiger partial charge < -0.3 is 15.8 Å². The standard InChI is InChI=1S/C11H15N5O/c1-16-10(12)8(7-15-16)6-14-11-9(17-2)4-3-5-13-11/h3-5,7H,6,12H2,1-2H3,(H,13,14). The van der Waals surface area contributed by atoms with E-state index >= 15 is 0 Å². The van der Waals surface area contributed by atoms with E-state index in [9.17, 15) is 0 Å². The molecule has 17 heavy (non-hydrogen) atoms. The minimum absolute atomic E-state index is 0.563. The molecule has 2 rings (SSSR count). The van der Waals surface area contributed by atoms with E-state index in [1.165, 1.54) is 0 Å². The Morgan fingerprint density at radius 1 is 1.53 bits per heavy atom. The van der Waals surface area contributed by atoms with E-state index in [0.29, 0.717) is 23.9 Å². The second-order valence-electron chi connectivity index (χ2n) is 3.59. The third-order valence-electron chi connectivity index (χ3n) is 2.50. The lowest BCUT2D eigenvalue weighted by Crippen LogP contribution is -2.05. The van der Waals surface area contributed by atoms with Gasteiger partial charge in [-0.25, -0.2) is 4.98 Å². The van der Waals surface area contributed by atoms with E-state index in [1.807, 2.05) is 12.1 Å². The van der Waals surface area contributed by atoms with Gasteiger partial charge in [-0.1, -0.05) is 0 Å². The van der Waals surface area contributed by atoms with Crippen molar-refractivity contribution in [2.24, 2.45) is 7.05 Å². The monoisotopic (exact) mass is 233 g/mol. The van der Waals surface area contributed by atoms with Crippen molar-refractivity contribution >= 4 is 11.6 Å². The summed E-state index contributed by atoms with van der Waals surface area (Å²) in [6.45, 7) is 0.563. The Labute approximate surface area is 99.4 Å². The largest absolute Gasteiger partial charge is 0.493 e. The molecule has 0 fully saturated rings. The lowest BCUT2D eigenvalue weighted by molar-refractivity contribution is 0.415. The number of hydrogen-bond acceptors (Lipinski definition) is 5. The highest BCUT2D eigenvalue weighted by Gasteiger charge is 2.06. The van der Waals surface area contributed by atoms with Crippen LogP contribution in [-0.4, -0.2) is 21.9 Å². The van der Waals surface area contributed by atoms with Gasteiger partial charge in [-0.15, -0.1) is 0 Å². The van der Waals surface area contributed by atoms with Crippen LogP contribution in [0.2, 0.25) is 0 Å². The molecule has 0 saturated carbocycles. The van der Waals surface area contributed by atoms with E-state index in [2.05, 4.69) is 15.4 Å². The summed E-state index contributed by atoms with van der Waals surface area (Å²) in [4.78, 5) is 4.20. The lowest BCUT2D eigenvalue weighted by Gasteiger charge is -2.09. The Balaban J connectivity index is 2.10. The summed E-state index contributed by atoms with van der Waals surface area (Å²) in [7, 11) is 3.42. The number of hydrogen-bond donors (Lipinski definition) is 2. The zero-order valence-electron chi connectivity index (χ0n) is 9.84. The first-order valence-corrected chi connectivity index (χ1v) is 5.21. The molecule has 6 heteroatoms. The number of rotatable bonds is 4. The fourth-order valence-electron chi connectivity index (χ4n) is 1.50. The van der Waals surface area contributed by atoms with Gasteiger partial charge in [0.15, 0.2) is 11.6 Å². The molecule has 6 nitrogen and oxygen atoms in total. The van der Waals surface area contributed by atoms with Gasteiger partial charge >= 0.3 is 0 Å². The first kappa shape index (κ1) is 11.3. The number of ether oxygens (including phenoxy) is 1. The molecule has 3 N–H and O–H groups in total. The first-order valence-electron chi connectivity index (χ1n) is 5.21. The van der Waals surface area contributed by atoms with Crippen LogP contribution in [0, 0.1) is 0 Å². The molecule has 0 aliphatic heterocycles. The van der Waals surface area contributed by atoms with Crippen LogP contribution in [0.4, 0.5) is 11.6 Å². The molecular formula is C11H15N5O. The minimum atomic E-state index is 0.563. The van der Waals surface area contributed by atoms with Crippen LogP contribution in [0.15, 0.2) is 24.5 Å². The van der Waals surface area contributed by atoms with Crippen LogP contribution in [-0.2, 0) is 13.6 Å². The molecule has 90 valence electrons. The summed E-state index contributed by atoms with van der Waals surface area (Å²) in [5.41, 5.74) is 6.78. The molecule has 2 aromatic rings. The number of methoxy groups -OCH3 is 1. The molecular weight excluding hydrogens is 218 g/mol. The fourth-order valence-corrected chi connectivity index (χ4v) is 1.50. The predicted octanol–water partition coefficient (Wildman–Crippen LogP) is 1.02. The fraction of sp³-hybridized carbons (Fsp3) is 0.273. The van der Waals surface area contributed by atoms with Crippen molar-refractivity contribution in [2.75, 3.05) is 18.2 Å². The second kappa shape index (κ2) is 4.73. The van der Waals surface area contributed by atoms with Gasteiger partial charge in [0, 0.05) is 25.4 Å². The third kappa shape index (κ3) is 2.30. The number of aryl methyl sites for hydroxylation is 1. The molecule has 0 aliphatic rings. The topological polar surface area (TPSA) is 78.0 Å². The van der Waals surface area contributed by atoms with E-state index in [1.54, 1.807) is 31.2 Å². The molecule has 0 saturated heterocycles. The van der Waals surface area contributed by atoms with Crippen molar-refractivity contribution in [3.63, 3.8) is 0 Å². The number of nitrogen functional groups attached to an aromatic ring is 1. The highest BCUT2D eigenvalue weighted by molar-refractivity contribution is 5.51. The molecule has 0 radical (unpaired) electrons. The van der Waals surface area contributed by atoms with E-state index in [4.69, 9.17) is 10.5 Å². The Hall–Kier alpha value is -2.24. The molecule has 2 heterocycles. The molecule has 0 amide bonds. The number of nitrogens with two attached hydrogens (primary N) is 1. The summed E-state index contributed by atoms with van der Waals surface area (Å²) in [6, 6.07) is 3.67. The van der Waals surface area contributed by atoms with Crippen molar-refractivity contribution in [2.45, 2.75) is 6.54 Å². The van der Waals surface area contributed by atoms with Crippen LogP contribution in [0.25, 0.3) is 0 Å². The average Bonchev–Trinajstić information content (AvgIpc) is 2.68. The molecule has 0 spiro atoms. The van der Waals surface area contributed by atoms with Crippen LogP contribution in [0.3, 0.4) is 0 Å². The van der Waals surface area contributed by atoms with Gasteiger partial charge in [-0.05, 0) is 12.1 Å². The van der Waals surface area contributed by atoms with Crippen molar-refractivity contribution in [3.8, 4) is 5.75 Å². The maximum absolute atomic E-state index is 5.85. The highest BCUT2D eigenvalue weighted by atomic mass is 16.5.